The van der Waals surface area contributed by atoms with Gasteiger partial charge in [0.2, 0.25) is 15.7 Å². The normalized spacial score (nSPS) is 42.5. The predicted octanol–water partition coefficient (Wildman–Crippen LogP) is -1.98. The van der Waals surface area contributed by atoms with Crippen molar-refractivity contribution < 1.29 is 44.3 Å². The number of ketones is 4. The number of Topliss-reactive ketones (excluding diaryl/α,β-unsaturated/α-hetero) is 4. The van der Waals surface area contributed by atoms with Gasteiger partial charge in [0, 0.05) is 0 Å². The first-order valence-corrected chi connectivity index (χ1v) is 7.67. The molecule has 0 aliphatic carbocycles. The first-order chi connectivity index (χ1) is 10.7. The van der Waals surface area contributed by atoms with E-state index in [0.29, 0.717) is 0 Å². The average Bonchev–Trinajstić information content (AvgIpc) is 2.47. The lowest BCUT2D eigenvalue weighted by Crippen LogP contribution is -2.89. The maximum Gasteiger partial charge on any atom is 0.220 e. The van der Waals surface area contributed by atoms with Gasteiger partial charge in [-0.15, -0.1) is 0 Å². The van der Waals surface area contributed by atoms with Crippen LogP contribution in [0.15, 0.2) is 0 Å². The van der Waals surface area contributed by atoms with E-state index in [1.54, 1.807) is 0 Å². The van der Waals surface area contributed by atoms with Crippen LogP contribution >= 0.6 is 15.9 Å². The lowest BCUT2D eigenvalue weighted by molar-refractivity contribution is -0.321. The van der Waals surface area contributed by atoms with E-state index in [1.807, 2.05) is 0 Å². The van der Waals surface area contributed by atoms with Gasteiger partial charge in [0.1, 0.15) is 6.10 Å². The molecule has 1 rings (SSSR count). The van der Waals surface area contributed by atoms with Gasteiger partial charge in [0.25, 0.3) is 0 Å². The van der Waals surface area contributed by atoms with Crippen LogP contribution in [-0.2, 0) is 23.9 Å². The Hall–Kier alpha value is -1.04. The summed E-state index contributed by atoms with van der Waals surface area (Å²) in [5.74, 6) is -4.98. The van der Waals surface area contributed by atoms with Crippen LogP contribution in [0.4, 0.5) is 0 Å². The highest BCUT2D eigenvalue weighted by atomic mass is 79.9. The van der Waals surface area contributed by atoms with Crippen LogP contribution in [0.5, 0.6) is 0 Å². The van der Waals surface area contributed by atoms with Crippen LogP contribution < -0.4 is 0 Å². The summed E-state index contributed by atoms with van der Waals surface area (Å²) < 4.78 is 2.47. The van der Waals surface area contributed by atoms with Gasteiger partial charge < -0.3 is 25.2 Å². The fourth-order valence-electron chi connectivity index (χ4n) is 3.10. The molecule has 1 aliphatic heterocycles. The SMILES string of the molecule is CC(=O)[C@@]1(O)[C@](O)(C(C)=O)[C@](O)(C(C)=O)[C@@H](CO)O[C@@]1(Br)C(C)=O. The first kappa shape index (κ1) is 21.0. The Kier molecular flexibility index (Phi) is 5.29. The molecule has 0 aromatic carbocycles. The monoisotopic (exact) mass is 410 g/mol. The summed E-state index contributed by atoms with van der Waals surface area (Å²) in [6.45, 7) is 2.02. The van der Waals surface area contributed by atoms with Gasteiger partial charge >= 0.3 is 0 Å². The van der Waals surface area contributed by atoms with Gasteiger partial charge in [-0.25, -0.2) is 0 Å². The van der Waals surface area contributed by atoms with E-state index in [0.717, 1.165) is 27.7 Å². The molecule has 4 N–H and O–H groups in total. The lowest BCUT2D eigenvalue weighted by Gasteiger charge is -2.60. The molecule has 0 aromatic heterocycles. The predicted molar refractivity (Wildman–Crippen MR) is 81.2 cm³/mol. The van der Waals surface area contributed by atoms with Crippen LogP contribution in [0.25, 0.3) is 0 Å². The smallest absolute Gasteiger partial charge is 0.220 e. The Morgan fingerprint density at radius 2 is 1.29 bits per heavy atom. The number of carbonyl (C=O) groups is 4. The summed E-state index contributed by atoms with van der Waals surface area (Å²) in [7, 11) is 0. The summed E-state index contributed by atoms with van der Waals surface area (Å²) in [4.78, 5) is 48.4. The number of hydrogen-bond acceptors (Lipinski definition) is 9. The summed E-state index contributed by atoms with van der Waals surface area (Å²) in [5, 5.41) is 42.1. The molecule has 1 heterocycles. The lowest BCUT2D eigenvalue weighted by atomic mass is 9.59. The Bertz CT molecular complexity index is 619. The number of aliphatic hydroxyl groups is 4. The number of halogens is 1. The van der Waals surface area contributed by atoms with Gasteiger partial charge in [-0.2, -0.15) is 0 Å². The van der Waals surface area contributed by atoms with Gasteiger partial charge in [-0.3, -0.25) is 19.2 Å². The Morgan fingerprint density at radius 1 is 0.875 bits per heavy atom. The molecule has 1 saturated heterocycles. The van der Waals surface area contributed by atoms with Crippen LogP contribution in [0.2, 0.25) is 0 Å². The molecular weight excluding hydrogens is 392 g/mol. The zero-order valence-corrected chi connectivity index (χ0v) is 15.1. The molecule has 0 spiro atoms. The molecule has 24 heavy (non-hydrogen) atoms. The van der Waals surface area contributed by atoms with Crippen molar-refractivity contribution in [3.05, 3.63) is 0 Å². The van der Waals surface area contributed by atoms with Gasteiger partial charge in [-0.05, 0) is 43.6 Å². The van der Waals surface area contributed by atoms with E-state index in [4.69, 9.17) is 4.74 Å². The van der Waals surface area contributed by atoms with Crippen LogP contribution in [0, 0.1) is 0 Å². The molecule has 1 fully saturated rings. The highest BCUT2D eigenvalue weighted by Gasteiger charge is 2.83. The molecule has 0 bridgehead atoms. The number of ether oxygens (including phenoxy) is 1. The third kappa shape index (κ3) is 2.11. The number of hydrogen-bond donors (Lipinski definition) is 4. The van der Waals surface area contributed by atoms with Gasteiger partial charge in [0.15, 0.2) is 28.7 Å². The van der Waals surface area contributed by atoms with Crippen LogP contribution in [0.3, 0.4) is 0 Å². The standard InChI is InChI=1S/C14H19BrO9/c1-6(17)11(21)10(5-16)24-14(15,9(4)20)13(23,8(3)19)12(11,22)7(2)18/h10,16,21-23H,5H2,1-4H3/t10-,11+,12+,13-,14+/m1/s1. The van der Waals surface area contributed by atoms with E-state index in [-0.39, 0.29) is 0 Å². The van der Waals surface area contributed by atoms with Gasteiger partial charge in [-0.1, -0.05) is 0 Å². The van der Waals surface area contributed by atoms with Crippen molar-refractivity contribution in [3.8, 4) is 0 Å². The minimum Gasteiger partial charge on any atom is -0.394 e. The highest BCUT2D eigenvalue weighted by Crippen LogP contribution is 2.53. The summed E-state index contributed by atoms with van der Waals surface area (Å²) >= 11 is 2.72. The second kappa shape index (κ2) is 6.04. The molecule has 1 aliphatic rings. The van der Waals surface area contributed by atoms with E-state index in [2.05, 4.69) is 15.9 Å². The molecule has 0 unspecified atom stereocenters. The summed E-state index contributed by atoms with van der Waals surface area (Å²) in [6.07, 6.45) is -1.98. The Labute approximate surface area is 145 Å². The molecule has 10 heteroatoms. The van der Waals surface area contributed by atoms with Crippen molar-refractivity contribution in [2.75, 3.05) is 6.61 Å². The van der Waals surface area contributed by atoms with Crippen LogP contribution in [0.1, 0.15) is 27.7 Å². The van der Waals surface area contributed by atoms with E-state index in [9.17, 15) is 39.6 Å². The highest BCUT2D eigenvalue weighted by molar-refractivity contribution is 9.10. The zero-order valence-electron chi connectivity index (χ0n) is 13.5. The van der Waals surface area contributed by atoms with Crippen molar-refractivity contribution in [2.45, 2.75) is 55.1 Å². The topological polar surface area (TPSA) is 158 Å². The maximum absolute atomic E-state index is 12.2. The van der Waals surface area contributed by atoms with Crippen molar-refractivity contribution in [3.63, 3.8) is 0 Å². The quantitative estimate of drug-likeness (QED) is 0.376. The molecule has 136 valence electrons. The van der Waals surface area contributed by atoms with E-state index in [1.165, 1.54) is 0 Å². The molecule has 0 aromatic rings. The molecule has 0 amide bonds. The molecule has 9 nitrogen and oxygen atoms in total. The fourth-order valence-corrected chi connectivity index (χ4v) is 3.89. The largest absolute Gasteiger partial charge is 0.394 e. The third-order valence-corrected chi connectivity index (χ3v) is 5.80. The second-order valence-electron chi connectivity index (χ2n) is 5.80. The summed E-state index contributed by atoms with van der Waals surface area (Å²) in [5.41, 5.74) is -9.98. The van der Waals surface area contributed by atoms with Crippen molar-refractivity contribution in [1.29, 1.82) is 0 Å². The van der Waals surface area contributed by atoms with E-state index < -0.39 is 57.2 Å². The van der Waals surface area contributed by atoms with E-state index >= 15 is 0 Å². The van der Waals surface area contributed by atoms with Gasteiger partial charge in [0.05, 0.1) is 6.61 Å². The fraction of sp³-hybridized carbons (Fsp3) is 0.714. The second-order valence-corrected chi connectivity index (χ2v) is 6.91. The maximum atomic E-state index is 12.2. The first-order valence-electron chi connectivity index (χ1n) is 6.88. The van der Waals surface area contributed by atoms with Crippen molar-refractivity contribution >= 4 is 39.1 Å². The number of alkyl halides is 1. The minimum absolute atomic E-state index is 0.717. The molecule has 0 saturated carbocycles. The third-order valence-electron chi connectivity index (χ3n) is 4.49. The Balaban J connectivity index is 4.05. The average molecular weight is 411 g/mol. The summed E-state index contributed by atoms with van der Waals surface area (Å²) in [6, 6.07) is 0. The Morgan fingerprint density at radius 3 is 1.54 bits per heavy atom. The van der Waals surface area contributed by atoms with Crippen LogP contribution in [-0.4, -0.2) is 77.6 Å². The number of rotatable bonds is 5. The zero-order chi connectivity index (χ0) is 19.3. The van der Waals surface area contributed by atoms with Crippen molar-refractivity contribution in [1.82, 2.24) is 0 Å². The molecular formula is C14H19BrO9. The number of aliphatic hydroxyl groups excluding tert-OH is 1. The van der Waals surface area contributed by atoms with Crippen molar-refractivity contribution in [2.24, 2.45) is 0 Å². The molecule has 5 atom stereocenters. The minimum atomic E-state index is -3.46. The molecule has 0 radical (unpaired) electrons. The number of carbonyl (C=O) groups excluding carboxylic acids is 4.